The van der Waals surface area contributed by atoms with E-state index >= 15 is 0 Å². The zero-order chi connectivity index (χ0) is 20.2. The summed E-state index contributed by atoms with van der Waals surface area (Å²) in [6.45, 7) is 6.22. The van der Waals surface area contributed by atoms with E-state index in [4.69, 9.17) is 4.74 Å². The van der Waals surface area contributed by atoms with E-state index in [-0.39, 0.29) is 11.9 Å². The maximum absolute atomic E-state index is 13.3. The predicted octanol–water partition coefficient (Wildman–Crippen LogP) is 3.62. The average Bonchev–Trinajstić information content (AvgIpc) is 3.12. The van der Waals surface area contributed by atoms with Crippen LogP contribution in [0.4, 0.5) is 5.13 Å². The molecule has 1 aromatic heterocycles. The third-order valence-electron chi connectivity index (χ3n) is 5.17. The first kappa shape index (κ1) is 19.8. The van der Waals surface area contributed by atoms with Crippen LogP contribution in [0.15, 0.2) is 48.5 Å². The molecule has 4 rings (SSSR count). The molecular weight excluding hydrogens is 384 g/mol. The SMILES string of the molecule is CCOc1ccc2nc(NC(=O)C(c3ccccc3)N3CCN(C)CC3)sc2c1. The fraction of sp³-hybridized carbons (Fsp3) is 0.364. The largest absolute Gasteiger partial charge is 0.494 e. The minimum Gasteiger partial charge on any atom is -0.494 e. The van der Waals surface area contributed by atoms with Gasteiger partial charge in [-0.3, -0.25) is 9.69 Å². The fourth-order valence-electron chi connectivity index (χ4n) is 3.63. The molecule has 1 aliphatic rings. The lowest BCUT2D eigenvalue weighted by atomic mass is 10.0. The monoisotopic (exact) mass is 410 g/mol. The Morgan fingerprint density at radius 2 is 1.93 bits per heavy atom. The summed E-state index contributed by atoms with van der Waals surface area (Å²) in [4.78, 5) is 22.5. The molecule has 1 aliphatic heterocycles. The van der Waals surface area contributed by atoms with Gasteiger partial charge in [-0.2, -0.15) is 0 Å². The molecule has 2 aromatic carbocycles. The van der Waals surface area contributed by atoms with Crippen LogP contribution < -0.4 is 10.1 Å². The summed E-state index contributed by atoms with van der Waals surface area (Å²) < 4.78 is 6.57. The zero-order valence-electron chi connectivity index (χ0n) is 16.8. The summed E-state index contributed by atoms with van der Waals surface area (Å²) in [6, 6.07) is 15.5. The second kappa shape index (κ2) is 8.90. The number of likely N-dealkylation sites (N-methyl/N-ethyl adjacent to an activating group) is 1. The lowest BCUT2D eigenvalue weighted by molar-refractivity contribution is -0.122. The molecule has 0 saturated carbocycles. The molecule has 3 aromatic rings. The van der Waals surface area contributed by atoms with Gasteiger partial charge in [-0.1, -0.05) is 41.7 Å². The van der Waals surface area contributed by atoms with Gasteiger partial charge in [-0.05, 0) is 37.7 Å². The van der Waals surface area contributed by atoms with E-state index in [1.807, 2.05) is 55.5 Å². The van der Waals surface area contributed by atoms with Crippen molar-refractivity contribution >= 4 is 32.6 Å². The Balaban J connectivity index is 1.57. The molecule has 7 heteroatoms. The smallest absolute Gasteiger partial charge is 0.248 e. The number of benzene rings is 2. The molecule has 1 fully saturated rings. The maximum Gasteiger partial charge on any atom is 0.248 e. The van der Waals surface area contributed by atoms with Gasteiger partial charge in [0.15, 0.2) is 5.13 Å². The quantitative estimate of drug-likeness (QED) is 0.673. The second-order valence-electron chi connectivity index (χ2n) is 7.22. The fourth-order valence-corrected chi connectivity index (χ4v) is 4.53. The van der Waals surface area contributed by atoms with Gasteiger partial charge < -0.3 is 15.0 Å². The van der Waals surface area contributed by atoms with E-state index < -0.39 is 0 Å². The number of nitrogens with one attached hydrogen (secondary N) is 1. The maximum atomic E-state index is 13.3. The molecule has 1 amide bonds. The lowest BCUT2D eigenvalue weighted by Gasteiger charge is -2.37. The number of ether oxygens (including phenoxy) is 1. The third-order valence-corrected chi connectivity index (χ3v) is 6.10. The van der Waals surface area contributed by atoms with Crippen molar-refractivity contribution in [3.63, 3.8) is 0 Å². The number of fused-ring (bicyclic) bond motifs is 1. The molecule has 0 radical (unpaired) electrons. The predicted molar refractivity (Wildman–Crippen MR) is 118 cm³/mol. The van der Waals surface area contributed by atoms with Crippen molar-refractivity contribution < 1.29 is 9.53 Å². The number of carbonyl (C=O) groups is 1. The minimum atomic E-state index is -0.323. The van der Waals surface area contributed by atoms with E-state index in [0.29, 0.717) is 11.7 Å². The molecule has 0 spiro atoms. The normalized spacial score (nSPS) is 16.6. The van der Waals surface area contributed by atoms with Gasteiger partial charge in [-0.15, -0.1) is 0 Å². The first-order valence-electron chi connectivity index (χ1n) is 9.96. The number of rotatable bonds is 6. The Kier molecular flexibility index (Phi) is 6.08. The first-order valence-corrected chi connectivity index (χ1v) is 10.8. The molecule has 2 heterocycles. The Morgan fingerprint density at radius 3 is 2.66 bits per heavy atom. The molecule has 1 atom stereocenters. The Morgan fingerprint density at radius 1 is 1.17 bits per heavy atom. The van der Waals surface area contributed by atoms with Gasteiger partial charge in [0.1, 0.15) is 11.8 Å². The molecule has 0 aliphatic carbocycles. The number of nitrogens with zero attached hydrogens (tertiary/aromatic N) is 3. The number of piperazine rings is 1. The third kappa shape index (κ3) is 4.58. The number of aromatic nitrogens is 1. The van der Waals surface area contributed by atoms with Crippen molar-refractivity contribution in [2.24, 2.45) is 0 Å². The summed E-state index contributed by atoms with van der Waals surface area (Å²) in [5.74, 6) is 0.783. The molecule has 0 bridgehead atoms. The topological polar surface area (TPSA) is 57.7 Å². The molecule has 152 valence electrons. The van der Waals surface area contributed by atoms with Crippen LogP contribution in [0.5, 0.6) is 5.75 Å². The molecule has 6 nitrogen and oxygen atoms in total. The van der Waals surface area contributed by atoms with Crippen molar-refractivity contribution in [3.8, 4) is 5.75 Å². The Labute approximate surface area is 175 Å². The zero-order valence-corrected chi connectivity index (χ0v) is 17.6. The summed E-state index contributed by atoms with van der Waals surface area (Å²) in [5, 5.41) is 3.68. The molecule has 29 heavy (non-hydrogen) atoms. The van der Waals surface area contributed by atoms with Crippen LogP contribution >= 0.6 is 11.3 Å². The van der Waals surface area contributed by atoms with Crippen LogP contribution in [0.25, 0.3) is 10.2 Å². The molecule has 1 unspecified atom stereocenters. The van der Waals surface area contributed by atoms with Gasteiger partial charge in [0.2, 0.25) is 5.91 Å². The molecular formula is C22H26N4O2S. The van der Waals surface area contributed by atoms with Crippen molar-refractivity contribution in [3.05, 3.63) is 54.1 Å². The van der Waals surface area contributed by atoms with E-state index in [1.54, 1.807) is 0 Å². The van der Waals surface area contributed by atoms with Crippen LogP contribution in [0.2, 0.25) is 0 Å². The van der Waals surface area contributed by atoms with Crippen molar-refractivity contribution in [2.45, 2.75) is 13.0 Å². The second-order valence-corrected chi connectivity index (χ2v) is 8.25. The van der Waals surface area contributed by atoms with Crippen LogP contribution in [-0.4, -0.2) is 60.5 Å². The highest BCUT2D eigenvalue weighted by atomic mass is 32.1. The van der Waals surface area contributed by atoms with Crippen molar-refractivity contribution in [1.82, 2.24) is 14.8 Å². The van der Waals surface area contributed by atoms with E-state index in [1.165, 1.54) is 11.3 Å². The number of hydrogen-bond acceptors (Lipinski definition) is 6. The Bertz CT molecular complexity index is 967. The summed E-state index contributed by atoms with van der Waals surface area (Å²) in [5.41, 5.74) is 1.87. The van der Waals surface area contributed by atoms with Crippen LogP contribution in [0.1, 0.15) is 18.5 Å². The number of carbonyl (C=O) groups excluding carboxylic acids is 1. The van der Waals surface area contributed by atoms with Crippen molar-refractivity contribution in [1.29, 1.82) is 0 Å². The average molecular weight is 411 g/mol. The highest BCUT2D eigenvalue weighted by Gasteiger charge is 2.30. The molecule has 1 saturated heterocycles. The highest BCUT2D eigenvalue weighted by Crippen LogP contribution is 2.31. The number of hydrogen-bond donors (Lipinski definition) is 1. The van der Waals surface area contributed by atoms with Crippen LogP contribution in [-0.2, 0) is 4.79 Å². The minimum absolute atomic E-state index is 0.0372. The lowest BCUT2D eigenvalue weighted by Crippen LogP contribution is -2.48. The van der Waals surface area contributed by atoms with Gasteiger partial charge >= 0.3 is 0 Å². The summed E-state index contributed by atoms with van der Waals surface area (Å²) >= 11 is 1.48. The number of thiazole rings is 1. The molecule has 1 N–H and O–H groups in total. The van der Waals surface area contributed by atoms with Crippen molar-refractivity contribution in [2.75, 3.05) is 45.2 Å². The number of amides is 1. The standard InChI is InChI=1S/C22H26N4O2S/c1-3-28-17-9-10-18-19(15-17)29-22(23-18)24-21(27)20(16-7-5-4-6-8-16)26-13-11-25(2)12-14-26/h4-10,15,20H,3,11-14H2,1-2H3,(H,23,24,27). The van der Waals surface area contributed by atoms with E-state index in [9.17, 15) is 4.79 Å². The first-order chi connectivity index (χ1) is 14.1. The van der Waals surface area contributed by atoms with E-state index in [0.717, 1.165) is 47.7 Å². The van der Waals surface area contributed by atoms with Gasteiger partial charge in [0.25, 0.3) is 0 Å². The highest BCUT2D eigenvalue weighted by molar-refractivity contribution is 7.22. The van der Waals surface area contributed by atoms with Gasteiger partial charge in [0, 0.05) is 26.2 Å². The van der Waals surface area contributed by atoms with Gasteiger partial charge in [0.05, 0.1) is 16.8 Å². The summed E-state index contributed by atoms with van der Waals surface area (Å²) in [7, 11) is 2.12. The Hall–Kier alpha value is -2.48. The van der Waals surface area contributed by atoms with Gasteiger partial charge in [-0.25, -0.2) is 4.98 Å². The van der Waals surface area contributed by atoms with Crippen LogP contribution in [0.3, 0.4) is 0 Å². The summed E-state index contributed by atoms with van der Waals surface area (Å²) in [6.07, 6.45) is 0. The van der Waals surface area contributed by atoms with Crippen LogP contribution in [0, 0.1) is 0 Å². The number of anilines is 1. The van der Waals surface area contributed by atoms with E-state index in [2.05, 4.69) is 27.1 Å².